The van der Waals surface area contributed by atoms with E-state index in [1.165, 1.54) is 23.8 Å². The maximum absolute atomic E-state index is 12.8. The van der Waals surface area contributed by atoms with Crippen LogP contribution < -0.4 is 19.5 Å². The second-order valence-electron chi connectivity index (χ2n) is 9.27. The molecule has 0 aliphatic rings. The summed E-state index contributed by atoms with van der Waals surface area (Å²) in [5.74, 6) is 0.998. The number of carbonyl (C=O) groups excluding carboxylic acids is 1. The molecule has 0 saturated carbocycles. The first kappa shape index (κ1) is 29.4. The summed E-state index contributed by atoms with van der Waals surface area (Å²) in [5, 5.41) is 23.3. The van der Waals surface area contributed by atoms with Crippen LogP contribution in [0.2, 0.25) is 0 Å². The zero-order valence-electron chi connectivity index (χ0n) is 23.2. The minimum Gasteiger partial charge on any atom is -0.490 e. The third-order valence-corrected chi connectivity index (χ3v) is 6.12. The number of nitro groups is 1. The molecule has 0 aromatic heterocycles. The van der Waals surface area contributed by atoms with Crippen LogP contribution in [0.15, 0.2) is 96.6 Å². The zero-order valence-corrected chi connectivity index (χ0v) is 23.2. The largest absolute Gasteiger partial charge is 0.490 e. The van der Waals surface area contributed by atoms with Gasteiger partial charge >= 0.3 is 0 Å². The highest BCUT2D eigenvalue weighted by Crippen LogP contribution is 2.30. The minimum atomic E-state index is -0.553. The van der Waals surface area contributed by atoms with Crippen molar-refractivity contribution < 1.29 is 23.9 Å². The van der Waals surface area contributed by atoms with Crippen LogP contribution in [0.25, 0.3) is 6.08 Å². The van der Waals surface area contributed by atoms with Gasteiger partial charge in [-0.05, 0) is 85.1 Å². The maximum atomic E-state index is 12.8. The van der Waals surface area contributed by atoms with Gasteiger partial charge in [-0.3, -0.25) is 14.9 Å². The zero-order chi connectivity index (χ0) is 29.9. The summed E-state index contributed by atoms with van der Waals surface area (Å²) in [4.78, 5) is 23.2. The average Bonchev–Trinajstić information content (AvgIpc) is 3.00. The Bertz CT molecular complexity index is 1610. The van der Waals surface area contributed by atoms with Gasteiger partial charge in [-0.15, -0.1) is 0 Å². The summed E-state index contributed by atoms with van der Waals surface area (Å²) in [5.41, 5.74) is 4.00. The van der Waals surface area contributed by atoms with Crippen LogP contribution in [0.5, 0.6) is 17.2 Å². The summed E-state index contributed by atoms with van der Waals surface area (Å²) in [7, 11) is 0. The van der Waals surface area contributed by atoms with Gasteiger partial charge in [-0.25, -0.2) is 0 Å². The number of anilines is 1. The highest BCUT2D eigenvalue weighted by atomic mass is 16.6. The van der Waals surface area contributed by atoms with Gasteiger partial charge in [0.15, 0.2) is 11.5 Å². The molecule has 9 nitrogen and oxygen atoms in total. The molecule has 0 bridgehead atoms. The Labute approximate surface area is 243 Å². The van der Waals surface area contributed by atoms with Gasteiger partial charge in [0.25, 0.3) is 11.6 Å². The standard InChI is InChI=1S/C33H29N3O6/c1-3-40-32-19-26(10-17-31(32)42-22-25-8-13-29(14-9-25)36(38)39)18-27(20-34)33(37)35-28-11-15-30(16-12-28)41-21-24-6-4-23(2)5-7-24/h4-19H,3,21-22H2,1-2H3,(H,35,37)/b27-18+. The lowest BCUT2D eigenvalue weighted by Crippen LogP contribution is -2.13. The molecule has 0 radical (unpaired) electrons. The lowest BCUT2D eigenvalue weighted by atomic mass is 10.1. The number of hydrogen-bond acceptors (Lipinski definition) is 7. The Morgan fingerprint density at radius 3 is 2.14 bits per heavy atom. The van der Waals surface area contributed by atoms with Crippen LogP contribution in [0.4, 0.5) is 11.4 Å². The lowest BCUT2D eigenvalue weighted by Gasteiger charge is -2.13. The number of nitrogens with zero attached hydrogens (tertiary/aromatic N) is 2. The smallest absolute Gasteiger partial charge is 0.269 e. The van der Waals surface area contributed by atoms with E-state index in [-0.39, 0.29) is 17.9 Å². The number of ether oxygens (including phenoxy) is 3. The van der Waals surface area contributed by atoms with Gasteiger partial charge in [0.05, 0.1) is 11.5 Å². The molecule has 1 N–H and O–H groups in total. The van der Waals surface area contributed by atoms with Crippen molar-refractivity contribution in [2.45, 2.75) is 27.1 Å². The number of nitrogens with one attached hydrogen (secondary N) is 1. The van der Waals surface area contributed by atoms with Gasteiger partial charge < -0.3 is 19.5 Å². The van der Waals surface area contributed by atoms with E-state index in [0.717, 1.165) is 11.1 Å². The van der Waals surface area contributed by atoms with Crippen molar-refractivity contribution in [2.24, 2.45) is 0 Å². The molecule has 0 unspecified atom stereocenters. The number of non-ortho nitro benzene ring substituents is 1. The second kappa shape index (κ2) is 14.1. The summed E-state index contributed by atoms with van der Waals surface area (Å²) < 4.78 is 17.4. The van der Waals surface area contributed by atoms with Crippen LogP contribution in [-0.2, 0) is 18.0 Å². The first-order chi connectivity index (χ1) is 20.3. The molecule has 0 spiro atoms. The summed E-state index contributed by atoms with van der Waals surface area (Å²) in [6.07, 6.45) is 1.47. The molecule has 4 aromatic rings. The highest BCUT2D eigenvalue weighted by Gasteiger charge is 2.12. The Morgan fingerprint density at radius 2 is 1.52 bits per heavy atom. The molecule has 4 aromatic carbocycles. The van der Waals surface area contributed by atoms with E-state index in [1.54, 1.807) is 54.6 Å². The van der Waals surface area contributed by atoms with Crippen molar-refractivity contribution in [1.82, 2.24) is 0 Å². The van der Waals surface area contributed by atoms with Gasteiger partial charge in [0.1, 0.15) is 30.6 Å². The number of aryl methyl sites for hydroxylation is 1. The van der Waals surface area contributed by atoms with Crippen molar-refractivity contribution in [3.05, 3.63) is 129 Å². The van der Waals surface area contributed by atoms with Crippen molar-refractivity contribution >= 4 is 23.4 Å². The molecular weight excluding hydrogens is 534 g/mol. The summed E-state index contributed by atoms with van der Waals surface area (Å²) in [6.45, 7) is 4.84. The normalized spacial score (nSPS) is 10.8. The van der Waals surface area contributed by atoms with Crippen molar-refractivity contribution in [2.75, 3.05) is 11.9 Å². The van der Waals surface area contributed by atoms with E-state index < -0.39 is 10.8 Å². The van der Waals surface area contributed by atoms with E-state index in [0.29, 0.717) is 41.7 Å². The average molecular weight is 564 g/mol. The first-order valence-corrected chi connectivity index (χ1v) is 13.2. The van der Waals surface area contributed by atoms with Crippen LogP contribution in [0.1, 0.15) is 29.2 Å². The fourth-order valence-corrected chi connectivity index (χ4v) is 3.88. The number of benzene rings is 4. The fraction of sp³-hybridized carbons (Fsp3) is 0.152. The molecule has 0 heterocycles. The quantitative estimate of drug-likeness (QED) is 0.0851. The molecule has 0 atom stereocenters. The van der Waals surface area contributed by atoms with E-state index >= 15 is 0 Å². The molecule has 0 saturated heterocycles. The molecular formula is C33H29N3O6. The molecule has 9 heteroatoms. The molecule has 0 fully saturated rings. The molecule has 1 amide bonds. The van der Waals surface area contributed by atoms with Crippen LogP contribution >= 0.6 is 0 Å². The number of carbonyl (C=O) groups is 1. The fourth-order valence-electron chi connectivity index (χ4n) is 3.88. The van der Waals surface area contributed by atoms with Gasteiger partial charge in [0.2, 0.25) is 0 Å². The second-order valence-corrected chi connectivity index (χ2v) is 9.27. The third-order valence-electron chi connectivity index (χ3n) is 6.12. The monoisotopic (exact) mass is 563 g/mol. The first-order valence-electron chi connectivity index (χ1n) is 13.2. The van der Waals surface area contributed by atoms with Crippen molar-refractivity contribution in [3.63, 3.8) is 0 Å². The molecule has 0 aliphatic heterocycles. The van der Waals surface area contributed by atoms with Crippen molar-refractivity contribution in [1.29, 1.82) is 5.26 Å². The molecule has 0 aliphatic carbocycles. The topological polar surface area (TPSA) is 124 Å². The number of amides is 1. The van der Waals surface area contributed by atoms with E-state index in [2.05, 4.69) is 5.32 Å². The molecule has 4 rings (SSSR count). The van der Waals surface area contributed by atoms with E-state index in [4.69, 9.17) is 14.2 Å². The Morgan fingerprint density at radius 1 is 0.881 bits per heavy atom. The SMILES string of the molecule is CCOc1cc(/C=C(\C#N)C(=O)Nc2ccc(OCc3ccc(C)cc3)cc2)ccc1OCc1ccc([N+](=O)[O-])cc1. The van der Waals surface area contributed by atoms with Crippen LogP contribution in [0, 0.1) is 28.4 Å². The third kappa shape index (κ3) is 8.19. The summed E-state index contributed by atoms with van der Waals surface area (Å²) in [6, 6.07) is 28.1. The highest BCUT2D eigenvalue weighted by molar-refractivity contribution is 6.09. The number of rotatable bonds is 12. The van der Waals surface area contributed by atoms with Gasteiger partial charge in [0, 0.05) is 17.8 Å². The Kier molecular flexibility index (Phi) is 9.89. The number of nitro benzene ring substituents is 1. The number of hydrogen-bond donors (Lipinski definition) is 1. The molecule has 212 valence electrons. The maximum Gasteiger partial charge on any atom is 0.269 e. The summed E-state index contributed by atoms with van der Waals surface area (Å²) >= 11 is 0. The molecule has 42 heavy (non-hydrogen) atoms. The van der Waals surface area contributed by atoms with Crippen LogP contribution in [-0.4, -0.2) is 17.4 Å². The Hall–Kier alpha value is -5.62. The van der Waals surface area contributed by atoms with Crippen LogP contribution in [0.3, 0.4) is 0 Å². The van der Waals surface area contributed by atoms with E-state index in [1.807, 2.05) is 44.2 Å². The predicted octanol–water partition coefficient (Wildman–Crippen LogP) is 7.01. The van der Waals surface area contributed by atoms with Gasteiger partial charge in [-0.2, -0.15) is 5.26 Å². The van der Waals surface area contributed by atoms with Gasteiger partial charge in [-0.1, -0.05) is 35.9 Å². The minimum absolute atomic E-state index is 0.00199. The Balaban J connectivity index is 1.39. The predicted molar refractivity (Wildman–Crippen MR) is 159 cm³/mol. The van der Waals surface area contributed by atoms with E-state index in [9.17, 15) is 20.2 Å². The lowest BCUT2D eigenvalue weighted by molar-refractivity contribution is -0.384. The van der Waals surface area contributed by atoms with Crippen molar-refractivity contribution in [3.8, 4) is 23.3 Å². The number of nitriles is 1.